The molecule has 11 aromatic rings. The lowest BCUT2D eigenvalue weighted by molar-refractivity contribution is 0.483. The summed E-state index contributed by atoms with van der Waals surface area (Å²) in [6.07, 6.45) is 1.94. The molecule has 0 unspecified atom stereocenters. The Labute approximate surface area is 414 Å². The molecule has 0 saturated carbocycles. The van der Waals surface area contributed by atoms with E-state index in [2.05, 4.69) is 188 Å². The third-order valence-electron chi connectivity index (χ3n) is 13.6. The molecule has 0 fully saturated rings. The van der Waals surface area contributed by atoms with Gasteiger partial charge in [-0.2, -0.15) is 0 Å². The first kappa shape index (κ1) is 39.3. The summed E-state index contributed by atoms with van der Waals surface area (Å²) in [7, 11) is 0. The van der Waals surface area contributed by atoms with Gasteiger partial charge in [0.15, 0.2) is 0 Å². The van der Waals surface area contributed by atoms with E-state index < -0.39 is 0 Å². The van der Waals surface area contributed by atoms with Crippen LogP contribution in [0, 0.1) is 6.92 Å². The van der Waals surface area contributed by atoms with Crippen LogP contribution in [0.25, 0.3) is 72.1 Å². The topological polar surface area (TPSA) is 33.5 Å². The Hall–Kier alpha value is -8.67. The van der Waals surface area contributed by atoms with Crippen molar-refractivity contribution in [1.82, 2.24) is 9.55 Å². The summed E-state index contributed by atoms with van der Waals surface area (Å²) in [6, 6.07) is 70.9. The first-order chi connectivity index (χ1) is 35.5. The molecule has 2 aromatic heterocycles. The fourth-order valence-corrected chi connectivity index (χ4v) is 10.1. The second kappa shape index (κ2) is 17.4. The highest BCUT2D eigenvalue weighted by atomic mass is 16.5. The molecule has 3 heterocycles. The maximum Gasteiger partial charge on any atom is 0.137 e. The first-order valence-corrected chi connectivity index (χ1v) is 23.9. The standard InChI is InChI=1S/C65H52N4O/c1-44-38-63(66-42-58(44)46-20-9-6-10-21-46)69-59-29-12-11-26-56(59)57-37-36-53(41-62(57)69)70-52-25-16-24-51(40-52)67-43-68(61-31-14-13-30-60(61)67)64-54(47-32-34-50(35-33-47)65(2,3)4)27-17-28-55(64)49-23-15-22-48(39-49)45-18-7-5-8-19-45/h5-42H,43H2,1-4H3/i16D,24D,25D. The number of anilines is 4. The van der Waals surface area contributed by atoms with Crippen molar-refractivity contribution in [2.45, 2.75) is 33.1 Å². The van der Waals surface area contributed by atoms with E-state index >= 15 is 0 Å². The average molecular weight is 908 g/mol. The summed E-state index contributed by atoms with van der Waals surface area (Å²) in [5.74, 6) is 1.47. The van der Waals surface area contributed by atoms with Gasteiger partial charge in [-0.25, -0.2) is 4.98 Å². The minimum Gasteiger partial charge on any atom is -0.457 e. The Balaban J connectivity index is 0.957. The number of nitrogens with zero attached hydrogens (tertiary/aromatic N) is 4. The molecule has 0 radical (unpaired) electrons. The SMILES string of the molecule is [2H]c1c(Oc2ccc3c4ccccc4n(-c4cc(C)c(-c5ccccc5)cn4)c3c2)cc(N2CN(c3c(-c4ccc(C(C)(C)C)cc4)cccc3-c3cccc(-c4ccccc4)c3)c3ccccc32)c([2H])c1[2H]. The van der Waals surface area contributed by atoms with Crippen molar-refractivity contribution < 1.29 is 8.85 Å². The predicted molar refractivity (Wildman–Crippen MR) is 292 cm³/mol. The Morgan fingerprint density at radius 3 is 1.89 bits per heavy atom. The maximum absolute atomic E-state index is 9.47. The second-order valence-corrected chi connectivity index (χ2v) is 19.1. The monoisotopic (exact) mass is 907 g/mol. The van der Waals surface area contributed by atoms with Crippen LogP contribution in [0.3, 0.4) is 0 Å². The van der Waals surface area contributed by atoms with Gasteiger partial charge >= 0.3 is 0 Å². The van der Waals surface area contributed by atoms with E-state index in [0.29, 0.717) is 18.1 Å². The van der Waals surface area contributed by atoms with Crippen molar-refractivity contribution in [3.8, 4) is 61.8 Å². The number of pyridine rings is 1. The number of aryl methyl sites for hydroxylation is 1. The fourth-order valence-electron chi connectivity index (χ4n) is 10.1. The van der Waals surface area contributed by atoms with Crippen LogP contribution in [0.5, 0.6) is 11.5 Å². The molecular formula is C65H52N4O. The smallest absolute Gasteiger partial charge is 0.137 e. The molecule has 1 aliphatic heterocycles. The van der Waals surface area contributed by atoms with Gasteiger partial charge in [-0.15, -0.1) is 0 Å². The van der Waals surface area contributed by atoms with Gasteiger partial charge in [0.1, 0.15) is 24.0 Å². The largest absolute Gasteiger partial charge is 0.457 e. The molecule has 1 aliphatic rings. The number of aromatic nitrogens is 2. The average Bonchev–Trinajstić information content (AvgIpc) is 3.97. The molecule has 0 N–H and O–H groups in total. The summed E-state index contributed by atoms with van der Waals surface area (Å²) < 4.78 is 36.8. The van der Waals surface area contributed by atoms with Crippen molar-refractivity contribution >= 4 is 44.6 Å². The van der Waals surface area contributed by atoms with Crippen LogP contribution in [0.2, 0.25) is 0 Å². The molecule has 0 saturated heterocycles. The fraction of sp³-hybridized carbons (Fsp3) is 0.0923. The molecule has 0 bridgehead atoms. The molecule has 0 spiro atoms. The molecule has 0 atom stereocenters. The van der Waals surface area contributed by atoms with Gasteiger partial charge in [0.05, 0.1) is 32.2 Å². The Morgan fingerprint density at radius 2 is 1.13 bits per heavy atom. The van der Waals surface area contributed by atoms with Crippen LogP contribution in [0.4, 0.5) is 22.7 Å². The highest BCUT2D eigenvalue weighted by Gasteiger charge is 2.32. The van der Waals surface area contributed by atoms with E-state index in [9.17, 15) is 4.11 Å². The van der Waals surface area contributed by atoms with E-state index in [-0.39, 0.29) is 29.3 Å². The number of benzene rings is 9. The number of rotatable bonds is 9. The number of hydrogen-bond acceptors (Lipinski definition) is 4. The number of ether oxygens (including phenoxy) is 1. The van der Waals surface area contributed by atoms with Crippen molar-refractivity contribution in [2.24, 2.45) is 0 Å². The van der Waals surface area contributed by atoms with Crippen LogP contribution < -0.4 is 14.5 Å². The minimum absolute atomic E-state index is 0.00333. The highest BCUT2D eigenvalue weighted by molar-refractivity contribution is 6.09. The van der Waals surface area contributed by atoms with Gasteiger partial charge in [0.25, 0.3) is 0 Å². The zero-order valence-corrected chi connectivity index (χ0v) is 39.6. The predicted octanol–water partition coefficient (Wildman–Crippen LogP) is 17.5. The Bertz CT molecular complexity index is 3900. The summed E-state index contributed by atoms with van der Waals surface area (Å²) >= 11 is 0. The number of fused-ring (bicyclic) bond motifs is 4. The van der Waals surface area contributed by atoms with Crippen LogP contribution in [-0.4, -0.2) is 16.2 Å². The zero-order chi connectivity index (χ0) is 50.0. The minimum atomic E-state index is -0.213. The Morgan fingerprint density at radius 1 is 0.500 bits per heavy atom. The summed E-state index contributed by atoms with van der Waals surface area (Å²) in [5, 5.41) is 2.12. The number of para-hydroxylation sites is 4. The molecule has 0 amide bonds. The zero-order valence-electron chi connectivity index (χ0n) is 42.6. The second-order valence-electron chi connectivity index (χ2n) is 19.1. The van der Waals surface area contributed by atoms with Crippen molar-refractivity contribution in [3.63, 3.8) is 0 Å². The van der Waals surface area contributed by atoms with E-state index in [0.717, 1.165) is 94.8 Å². The molecule has 70 heavy (non-hydrogen) atoms. The number of hydrogen-bond donors (Lipinski definition) is 0. The van der Waals surface area contributed by atoms with Crippen molar-refractivity contribution in [3.05, 3.63) is 242 Å². The molecule has 12 rings (SSSR count). The quantitative estimate of drug-likeness (QED) is 0.144. The first-order valence-electron chi connectivity index (χ1n) is 25.4. The molecule has 9 aromatic carbocycles. The maximum atomic E-state index is 9.47. The van der Waals surface area contributed by atoms with E-state index in [1.165, 1.54) is 5.56 Å². The molecule has 5 heteroatoms. The highest BCUT2D eigenvalue weighted by Crippen LogP contribution is 2.51. The van der Waals surface area contributed by atoms with Crippen LogP contribution in [0.15, 0.2) is 231 Å². The van der Waals surface area contributed by atoms with E-state index in [4.69, 9.17) is 9.72 Å². The molecule has 5 nitrogen and oxygen atoms in total. The van der Waals surface area contributed by atoms with Gasteiger partial charge in [-0.05, 0) is 106 Å². The summed E-state index contributed by atoms with van der Waals surface area (Å²) in [6.45, 7) is 9.16. The lowest BCUT2D eigenvalue weighted by atomic mass is 9.85. The lowest BCUT2D eigenvalue weighted by Crippen LogP contribution is -2.25. The van der Waals surface area contributed by atoms with Crippen LogP contribution in [0.1, 0.15) is 36.0 Å². The van der Waals surface area contributed by atoms with Gasteiger partial charge in [0.2, 0.25) is 0 Å². The van der Waals surface area contributed by atoms with Crippen molar-refractivity contribution in [1.29, 1.82) is 0 Å². The molecule has 338 valence electrons. The molecule has 0 aliphatic carbocycles. The van der Waals surface area contributed by atoms with Gasteiger partial charge in [-0.3, -0.25) is 4.57 Å². The third-order valence-corrected chi connectivity index (χ3v) is 13.6. The van der Waals surface area contributed by atoms with Crippen molar-refractivity contribution in [2.75, 3.05) is 16.5 Å². The Kier molecular flexibility index (Phi) is 9.80. The lowest BCUT2D eigenvalue weighted by Gasteiger charge is -2.28. The third kappa shape index (κ3) is 7.76. The van der Waals surface area contributed by atoms with E-state index in [1.54, 1.807) is 6.07 Å². The van der Waals surface area contributed by atoms with Crippen LogP contribution >= 0.6 is 0 Å². The molecular weight excluding hydrogens is 853 g/mol. The van der Waals surface area contributed by atoms with Crippen LogP contribution in [-0.2, 0) is 5.41 Å². The summed E-state index contributed by atoms with van der Waals surface area (Å²) in [5.41, 5.74) is 16.4. The van der Waals surface area contributed by atoms with E-state index in [1.807, 2.05) is 60.8 Å². The van der Waals surface area contributed by atoms with Gasteiger partial charge in [-0.1, -0.05) is 178 Å². The summed E-state index contributed by atoms with van der Waals surface area (Å²) in [4.78, 5) is 9.44. The normalized spacial score (nSPS) is 13.1. The van der Waals surface area contributed by atoms with Gasteiger partial charge < -0.3 is 14.5 Å². The van der Waals surface area contributed by atoms with Gasteiger partial charge in [0, 0.05) is 51.5 Å².